The Balaban J connectivity index is 1.78. The van der Waals surface area contributed by atoms with Crippen molar-refractivity contribution in [1.29, 1.82) is 0 Å². The van der Waals surface area contributed by atoms with Crippen LogP contribution >= 0.6 is 0 Å². The largest absolute Gasteiger partial charge is 0.493 e. The number of carbonyl (C=O) groups is 1. The fraction of sp³-hybridized carbons (Fsp3) is 0.120. The minimum Gasteiger partial charge on any atom is -0.493 e. The summed E-state index contributed by atoms with van der Waals surface area (Å²) in [7, 11) is -0.336. The standard InChI is InChI=1S/C25H23N3O5S/c1-32-22-13-12-17(14-23(22)33-2)24-21(16-28(27-24)19-9-5-4-6-10-19)25(29)26-18-8-7-11-20(15-18)34(3,30)31/h4-16H,1-3H3,(H,26,29). The number of rotatable bonds is 7. The molecule has 0 atom stereocenters. The maximum Gasteiger partial charge on any atom is 0.259 e. The molecule has 0 bridgehead atoms. The highest BCUT2D eigenvalue weighted by atomic mass is 32.2. The van der Waals surface area contributed by atoms with E-state index in [0.717, 1.165) is 11.9 Å². The second kappa shape index (κ2) is 9.40. The molecule has 0 aliphatic rings. The summed E-state index contributed by atoms with van der Waals surface area (Å²) in [5.74, 6) is 0.622. The summed E-state index contributed by atoms with van der Waals surface area (Å²) >= 11 is 0. The summed E-state index contributed by atoms with van der Waals surface area (Å²) in [6.07, 6.45) is 2.75. The number of para-hydroxylation sites is 1. The maximum atomic E-state index is 13.3. The van der Waals surface area contributed by atoms with E-state index in [1.54, 1.807) is 48.3 Å². The van der Waals surface area contributed by atoms with Gasteiger partial charge in [-0.15, -0.1) is 0 Å². The molecule has 0 fully saturated rings. The predicted octanol–water partition coefficient (Wildman–Crippen LogP) is 4.21. The number of benzene rings is 3. The molecule has 0 saturated carbocycles. The Morgan fingerprint density at radius 3 is 2.32 bits per heavy atom. The highest BCUT2D eigenvalue weighted by molar-refractivity contribution is 7.90. The molecule has 9 heteroatoms. The van der Waals surface area contributed by atoms with E-state index in [4.69, 9.17) is 9.47 Å². The van der Waals surface area contributed by atoms with Gasteiger partial charge in [0.2, 0.25) is 0 Å². The second-order valence-corrected chi connectivity index (χ2v) is 9.51. The van der Waals surface area contributed by atoms with Crippen LogP contribution in [-0.2, 0) is 9.84 Å². The lowest BCUT2D eigenvalue weighted by molar-refractivity contribution is 0.102. The number of carbonyl (C=O) groups excluding carboxylic acids is 1. The van der Waals surface area contributed by atoms with Crippen molar-refractivity contribution in [1.82, 2.24) is 9.78 Å². The number of anilines is 1. The Hall–Kier alpha value is -4.11. The van der Waals surface area contributed by atoms with Gasteiger partial charge in [0, 0.05) is 23.7 Å². The van der Waals surface area contributed by atoms with Gasteiger partial charge in [0.25, 0.3) is 5.91 Å². The van der Waals surface area contributed by atoms with E-state index in [9.17, 15) is 13.2 Å². The minimum absolute atomic E-state index is 0.116. The molecular formula is C25H23N3O5S. The second-order valence-electron chi connectivity index (χ2n) is 7.50. The van der Waals surface area contributed by atoms with Crippen LogP contribution in [0.2, 0.25) is 0 Å². The molecular weight excluding hydrogens is 454 g/mol. The van der Waals surface area contributed by atoms with E-state index >= 15 is 0 Å². The van der Waals surface area contributed by atoms with Gasteiger partial charge in [-0.25, -0.2) is 13.1 Å². The quantitative estimate of drug-likeness (QED) is 0.428. The average Bonchev–Trinajstić information content (AvgIpc) is 3.29. The van der Waals surface area contributed by atoms with Crippen molar-refractivity contribution in [3.05, 3.63) is 84.6 Å². The smallest absolute Gasteiger partial charge is 0.259 e. The number of nitrogens with zero attached hydrogens (tertiary/aromatic N) is 2. The van der Waals surface area contributed by atoms with Gasteiger partial charge >= 0.3 is 0 Å². The highest BCUT2D eigenvalue weighted by Gasteiger charge is 2.21. The van der Waals surface area contributed by atoms with Crippen LogP contribution in [0.25, 0.3) is 16.9 Å². The third kappa shape index (κ3) is 4.79. The lowest BCUT2D eigenvalue weighted by atomic mass is 10.1. The zero-order chi connectivity index (χ0) is 24.3. The van der Waals surface area contributed by atoms with E-state index < -0.39 is 15.7 Å². The SMILES string of the molecule is COc1ccc(-c2nn(-c3ccccc3)cc2C(=O)Nc2cccc(S(C)(=O)=O)c2)cc1OC. The summed E-state index contributed by atoms with van der Waals surface area (Å²) in [6, 6.07) is 20.8. The van der Waals surface area contributed by atoms with Gasteiger partial charge in [-0.3, -0.25) is 4.79 Å². The highest BCUT2D eigenvalue weighted by Crippen LogP contribution is 2.33. The van der Waals surface area contributed by atoms with Crippen LogP contribution in [0.15, 0.2) is 83.9 Å². The molecule has 0 spiro atoms. The van der Waals surface area contributed by atoms with Crippen molar-refractivity contribution in [2.24, 2.45) is 0 Å². The summed E-state index contributed by atoms with van der Waals surface area (Å²) < 4.78 is 36.2. The molecule has 0 unspecified atom stereocenters. The van der Waals surface area contributed by atoms with Crippen molar-refractivity contribution in [2.75, 3.05) is 25.8 Å². The summed E-state index contributed by atoms with van der Waals surface area (Å²) in [5.41, 5.74) is 2.53. The molecule has 0 aliphatic heterocycles. The van der Waals surface area contributed by atoms with Gasteiger partial charge in [0.05, 0.1) is 30.4 Å². The molecule has 0 radical (unpaired) electrons. The number of ether oxygens (including phenoxy) is 2. The molecule has 174 valence electrons. The molecule has 8 nitrogen and oxygen atoms in total. The van der Waals surface area contributed by atoms with E-state index in [0.29, 0.717) is 34.0 Å². The van der Waals surface area contributed by atoms with Crippen molar-refractivity contribution < 1.29 is 22.7 Å². The van der Waals surface area contributed by atoms with Crippen LogP contribution in [0.3, 0.4) is 0 Å². The lowest BCUT2D eigenvalue weighted by Gasteiger charge is -2.10. The first-order valence-electron chi connectivity index (χ1n) is 10.3. The molecule has 4 rings (SSSR count). The minimum atomic E-state index is -3.42. The summed E-state index contributed by atoms with van der Waals surface area (Å²) in [4.78, 5) is 13.4. The van der Waals surface area contributed by atoms with Crippen LogP contribution in [0.1, 0.15) is 10.4 Å². The van der Waals surface area contributed by atoms with E-state index in [2.05, 4.69) is 10.4 Å². The molecule has 34 heavy (non-hydrogen) atoms. The maximum absolute atomic E-state index is 13.3. The van der Waals surface area contributed by atoms with Crippen molar-refractivity contribution in [3.8, 4) is 28.4 Å². The lowest BCUT2D eigenvalue weighted by Crippen LogP contribution is -2.13. The van der Waals surface area contributed by atoms with Crippen molar-refractivity contribution in [3.63, 3.8) is 0 Å². The topological polar surface area (TPSA) is 99.5 Å². The fourth-order valence-electron chi connectivity index (χ4n) is 3.45. The normalized spacial score (nSPS) is 11.1. The van der Waals surface area contributed by atoms with Crippen LogP contribution in [0.4, 0.5) is 5.69 Å². The first kappa shape index (κ1) is 23.1. The van der Waals surface area contributed by atoms with Crippen LogP contribution in [0, 0.1) is 0 Å². The monoisotopic (exact) mass is 477 g/mol. The van der Waals surface area contributed by atoms with Gasteiger partial charge in [0.1, 0.15) is 5.69 Å². The number of methoxy groups -OCH3 is 2. The van der Waals surface area contributed by atoms with E-state index in [1.165, 1.54) is 19.2 Å². The Kier molecular flexibility index (Phi) is 6.38. The van der Waals surface area contributed by atoms with Gasteiger partial charge < -0.3 is 14.8 Å². The first-order valence-corrected chi connectivity index (χ1v) is 12.2. The zero-order valence-corrected chi connectivity index (χ0v) is 19.7. The Bertz CT molecular complexity index is 1450. The van der Waals surface area contributed by atoms with Crippen molar-refractivity contribution >= 4 is 21.4 Å². The molecule has 4 aromatic rings. The van der Waals surface area contributed by atoms with Gasteiger partial charge in [0.15, 0.2) is 21.3 Å². The number of aromatic nitrogens is 2. The number of nitrogens with one attached hydrogen (secondary N) is 1. The molecule has 0 aliphatic carbocycles. The zero-order valence-electron chi connectivity index (χ0n) is 18.8. The van der Waals surface area contributed by atoms with Crippen LogP contribution in [0.5, 0.6) is 11.5 Å². The summed E-state index contributed by atoms with van der Waals surface area (Å²) in [5, 5.41) is 7.45. The predicted molar refractivity (Wildman–Crippen MR) is 130 cm³/mol. The Morgan fingerprint density at radius 2 is 1.65 bits per heavy atom. The molecule has 1 amide bonds. The molecule has 1 heterocycles. The number of amides is 1. The molecule has 1 aromatic heterocycles. The molecule has 3 aromatic carbocycles. The third-order valence-corrected chi connectivity index (χ3v) is 6.27. The van der Waals surface area contributed by atoms with Gasteiger partial charge in [-0.2, -0.15) is 5.10 Å². The van der Waals surface area contributed by atoms with Crippen molar-refractivity contribution in [2.45, 2.75) is 4.90 Å². The van der Waals surface area contributed by atoms with Crippen LogP contribution in [-0.4, -0.2) is 44.6 Å². The first-order chi connectivity index (χ1) is 16.3. The fourth-order valence-corrected chi connectivity index (χ4v) is 4.12. The number of hydrogen-bond donors (Lipinski definition) is 1. The average molecular weight is 478 g/mol. The third-order valence-electron chi connectivity index (χ3n) is 5.16. The summed E-state index contributed by atoms with van der Waals surface area (Å²) in [6.45, 7) is 0. The van der Waals surface area contributed by atoms with Crippen LogP contribution < -0.4 is 14.8 Å². The van der Waals surface area contributed by atoms with Gasteiger partial charge in [-0.05, 0) is 48.5 Å². The van der Waals surface area contributed by atoms with E-state index in [1.807, 2.05) is 30.3 Å². The number of sulfone groups is 1. The van der Waals surface area contributed by atoms with E-state index in [-0.39, 0.29) is 4.90 Å². The molecule has 1 N–H and O–H groups in total. The van der Waals surface area contributed by atoms with Gasteiger partial charge in [-0.1, -0.05) is 24.3 Å². The Labute approximate surface area is 197 Å². The Morgan fingerprint density at radius 1 is 0.912 bits per heavy atom. The molecule has 0 saturated heterocycles. The number of hydrogen-bond acceptors (Lipinski definition) is 6.